The Morgan fingerprint density at radius 1 is 1.29 bits per heavy atom. The van der Waals surface area contributed by atoms with E-state index in [1.807, 2.05) is 56.0 Å². The third-order valence-corrected chi connectivity index (χ3v) is 5.60. The van der Waals surface area contributed by atoms with Gasteiger partial charge in [0.05, 0.1) is 36.9 Å². The third kappa shape index (κ3) is 4.12. The van der Waals surface area contributed by atoms with Crippen LogP contribution in [0.15, 0.2) is 42.7 Å². The number of fused-ring (bicyclic) bond motifs is 2. The fourth-order valence-corrected chi connectivity index (χ4v) is 4.05. The maximum absolute atomic E-state index is 10.3. The number of nitrogens with zero attached hydrogens (tertiary/aromatic N) is 3. The number of aliphatic hydroxyl groups is 1. The standard InChI is InChI=1S/C23H24N4O2.B.Li/c1-14-9-19(29-4)20(17-7-8-25-21(14)17)22(23(2,3)13-28)27-12-16-6-5-15(11-24)10-18(16)26-27;;/h5-10,12,22,25,28H,13H2,1-4H3;;/q;-1;+1. The molecule has 0 saturated heterocycles. The number of ether oxygens (including phenoxy) is 1. The summed E-state index contributed by atoms with van der Waals surface area (Å²) >= 11 is 0. The van der Waals surface area contributed by atoms with Crippen LogP contribution in [0.1, 0.15) is 36.6 Å². The number of aliphatic hydroxyl groups excluding tert-OH is 1. The second kappa shape index (κ2) is 9.24. The van der Waals surface area contributed by atoms with E-state index in [1.54, 1.807) is 19.2 Å². The first-order chi connectivity index (χ1) is 13.9. The molecule has 2 aromatic heterocycles. The van der Waals surface area contributed by atoms with Crippen LogP contribution in [0.5, 0.6) is 5.75 Å². The number of aromatic nitrogens is 3. The van der Waals surface area contributed by atoms with E-state index in [4.69, 9.17) is 9.84 Å². The third-order valence-electron chi connectivity index (χ3n) is 5.60. The van der Waals surface area contributed by atoms with Gasteiger partial charge in [-0.2, -0.15) is 10.4 Å². The number of rotatable bonds is 5. The molecule has 1 atom stereocenters. The Hall–Kier alpha value is -2.64. The largest absolute Gasteiger partial charge is 1.00 e. The van der Waals surface area contributed by atoms with Crippen molar-refractivity contribution in [2.24, 2.45) is 5.41 Å². The Morgan fingerprint density at radius 2 is 2.03 bits per heavy atom. The van der Waals surface area contributed by atoms with Crippen LogP contribution < -0.4 is 23.6 Å². The Morgan fingerprint density at radius 3 is 2.68 bits per heavy atom. The number of aryl methyl sites for hydroxylation is 1. The molecule has 4 aromatic rings. The smallest absolute Gasteiger partial charge is 1.00 e. The van der Waals surface area contributed by atoms with E-state index in [1.165, 1.54) is 0 Å². The van der Waals surface area contributed by atoms with Crippen LogP contribution in [-0.2, 0) is 0 Å². The zero-order valence-corrected chi connectivity index (χ0v) is 18.6. The number of benzene rings is 2. The molecule has 31 heavy (non-hydrogen) atoms. The number of aromatic amines is 1. The number of hydrogen-bond acceptors (Lipinski definition) is 4. The van der Waals surface area contributed by atoms with E-state index in [9.17, 15) is 10.4 Å². The van der Waals surface area contributed by atoms with Crippen molar-refractivity contribution in [2.45, 2.75) is 26.8 Å². The van der Waals surface area contributed by atoms with Crippen LogP contribution >= 0.6 is 0 Å². The van der Waals surface area contributed by atoms with E-state index >= 15 is 0 Å². The fraction of sp³-hybridized carbons (Fsp3) is 0.304. The van der Waals surface area contributed by atoms with Gasteiger partial charge in [-0.1, -0.05) is 13.8 Å². The number of H-pyrrole nitrogens is 1. The molecule has 8 heteroatoms. The summed E-state index contributed by atoms with van der Waals surface area (Å²) in [5.41, 5.74) is 3.91. The quantitative estimate of drug-likeness (QED) is 0.483. The van der Waals surface area contributed by atoms with Crippen molar-refractivity contribution in [3.8, 4) is 11.8 Å². The van der Waals surface area contributed by atoms with Crippen LogP contribution in [-0.4, -0.2) is 42.0 Å². The Balaban J connectivity index is 0.00000171. The van der Waals surface area contributed by atoms with Gasteiger partial charge in [-0.3, -0.25) is 4.68 Å². The molecule has 6 nitrogen and oxygen atoms in total. The van der Waals surface area contributed by atoms with Gasteiger partial charge < -0.3 is 23.2 Å². The average Bonchev–Trinajstić information content (AvgIpc) is 3.36. The minimum Gasteiger partial charge on any atom is -1.00 e. The maximum atomic E-state index is 10.3. The molecule has 2 heterocycles. The summed E-state index contributed by atoms with van der Waals surface area (Å²) in [6.07, 6.45) is 3.89. The van der Waals surface area contributed by atoms with Crippen molar-refractivity contribution >= 4 is 30.2 Å². The Kier molecular flexibility index (Phi) is 7.34. The average molecular weight is 406 g/mol. The van der Waals surface area contributed by atoms with Gasteiger partial charge in [0.25, 0.3) is 0 Å². The van der Waals surface area contributed by atoms with E-state index in [2.05, 4.69) is 11.1 Å². The van der Waals surface area contributed by atoms with Crippen molar-refractivity contribution in [2.75, 3.05) is 13.7 Å². The Bertz CT molecular complexity index is 1260. The summed E-state index contributed by atoms with van der Waals surface area (Å²) in [6.45, 7) is 6.05. The molecule has 0 aliphatic rings. The molecule has 2 aromatic carbocycles. The molecule has 0 bridgehead atoms. The van der Waals surface area contributed by atoms with Crippen molar-refractivity contribution in [1.82, 2.24) is 14.8 Å². The minimum absolute atomic E-state index is 0. The van der Waals surface area contributed by atoms with Crippen molar-refractivity contribution < 1.29 is 28.7 Å². The van der Waals surface area contributed by atoms with E-state index < -0.39 is 5.41 Å². The van der Waals surface area contributed by atoms with E-state index in [0.717, 1.165) is 38.7 Å². The van der Waals surface area contributed by atoms with Crippen molar-refractivity contribution in [1.29, 1.82) is 5.26 Å². The van der Waals surface area contributed by atoms with Gasteiger partial charge in [0.1, 0.15) is 5.75 Å². The van der Waals surface area contributed by atoms with Gasteiger partial charge in [0, 0.05) is 39.7 Å². The second-order valence-electron chi connectivity index (χ2n) is 8.12. The Labute approximate surface area is 196 Å². The molecule has 4 radical (unpaired) electrons. The summed E-state index contributed by atoms with van der Waals surface area (Å²) in [6, 6.07) is 11.4. The maximum Gasteiger partial charge on any atom is 1.00 e. The molecular weight excluding hydrogens is 382 g/mol. The molecule has 0 amide bonds. The normalized spacial score (nSPS) is 12.1. The summed E-state index contributed by atoms with van der Waals surface area (Å²) < 4.78 is 7.67. The molecule has 0 spiro atoms. The van der Waals surface area contributed by atoms with Gasteiger partial charge >= 0.3 is 18.9 Å². The molecule has 0 aliphatic carbocycles. The first-order valence-electron chi connectivity index (χ1n) is 9.54. The monoisotopic (exact) mass is 406 g/mol. The molecule has 1 unspecified atom stereocenters. The van der Waals surface area contributed by atoms with Crippen molar-refractivity contribution in [3.63, 3.8) is 0 Å². The fourth-order valence-electron chi connectivity index (χ4n) is 4.05. The summed E-state index contributed by atoms with van der Waals surface area (Å²) in [5.74, 6) is 0.762. The molecule has 0 saturated carbocycles. The van der Waals surface area contributed by atoms with Gasteiger partial charge in [-0.25, -0.2) is 0 Å². The van der Waals surface area contributed by atoms with Gasteiger partial charge in [-0.15, -0.1) is 0 Å². The number of nitrogens with one attached hydrogen (secondary N) is 1. The van der Waals surface area contributed by atoms with Crippen LogP contribution in [0.25, 0.3) is 21.8 Å². The molecule has 4 rings (SSSR count). The number of methoxy groups -OCH3 is 1. The molecule has 0 aliphatic heterocycles. The predicted molar refractivity (Wildman–Crippen MR) is 119 cm³/mol. The van der Waals surface area contributed by atoms with Gasteiger partial charge in [-0.05, 0) is 42.8 Å². The van der Waals surface area contributed by atoms with Gasteiger partial charge in [0.15, 0.2) is 0 Å². The minimum atomic E-state index is -0.521. The SMILES string of the molecule is COc1cc(C)c2[nH]ccc2c1C(n1cc2ccc(C#N)cc2n1)C(C)(C)CO.[B-].[Li+]. The predicted octanol–water partition coefficient (Wildman–Crippen LogP) is 0.937. The summed E-state index contributed by atoms with van der Waals surface area (Å²) in [4.78, 5) is 3.31. The molecule has 2 N–H and O–H groups in total. The first-order valence-corrected chi connectivity index (χ1v) is 9.54. The summed E-state index contributed by atoms with van der Waals surface area (Å²) in [5, 5.41) is 26.2. The second-order valence-corrected chi connectivity index (χ2v) is 8.12. The van der Waals surface area contributed by atoms with Crippen LogP contribution in [0, 0.1) is 23.7 Å². The van der Waals surface area contributed by atoms with Crippen LogP contribution in [0.3, 0.4) is 0 Å². The molecule has 152 valence electrons. The molecular formula is C23H24BLiN4O2. The topological polar surface area (TPSA) is 86.9 Å². The van der Waals surface area contributed by atoms with Crippen LogP contribution in [0.4, 0.5) is 0 Å². The van der Waals surface area contributed by atoms with E-state index in [0.29, 0.717) is 5.56 Å². The van der Waals surface area contributed by atoms with Crippen LogP contribution in [0.2, 0.25) is 0 Å². The van der Waals surface area contributed by atoms with E-state index in [-0.39, 0.29) is 39.9 Å². The molecule has 0 fully saturated rings. The zero-order chi connectivity index (χ0) is 20.8. The number of hydrogen-bond donors (Lipinski definition) is 2. The van der Waals surface area contributed by atoms with Gasteiger partial charge in [0.2, 0.25) is 0 Å². The number of nitriles is 1. The zero-order valence-electron chi connectivity index (χ0n) is 18.6. The summed E-state index contributed by atoms with van der Waals surface area (Å²) in [7, 11) is 1.67. The van der Waals surface area contributed by atoms with Crippen molar-refractivity contribution in [3.05, 3.63) is 59.4 Å². The first kappa shape index (κ1) is 24.6.